The van der Waals surface area contributed by atoms with Crippen LogP contribution in [0.5, 0.6) is 11.5 Å². The Morgan fingerprint density at radius 3 is 2.49 bits per heavy atom. The van der Waals surface area contributed by atoms with E-state index in [1.165, 1.54) is 6.21 Å². The van der Waals surface area contributed by atoms with Crippen molar-refractivity contribution in [2.75, 3.05) is 7.11 Å². The Labute approximate surface area is 205 Å². The second-order valence-corrected chi connectivity index (χ2v) is 9.60. The van der Waals surface area contributed by atoms with E-state index in [0.717, 1.165) is 22.0 Å². The number of hydrogen-bond acceptors (Lipinski definition) is 5. The van der Waals surface area contributed by atoms with Crippen molar-refractivity contribution < 1.29 is 17.9 Å². The van der Waals surface area contributed by atoms with Crippen LogP contribution in [0, 0.1) is 6.92 Å². The highest BCUT2D eigenvalue weighted by Crippen LogP contribution is 2.37. The maximum atomic E-state index is 12.6. The number of nitrogens with zero attached hydrogens (tertiary/aromatic N) is 2. The van der Waals surface area contributed by atoms with Gasteiger partial charge in [-0.05, 0) is 42.8 Å². The quantitative estimate of drug-likeness (QED) is 0.192. The van der Waals surface area contributed by atoms with E-state index in [9.17, 15) is 8.42 Å². The summed E-state index contributed by atoms with van der Waals surface area (Å²) in [5.74, 6) is 1.21. The Morgan fingerprint density at radius 1 is 1.06 bits per heavy atom. The molecule has 7 nitrogen and oxygen atoms in total. The lowest BCUT2D eigenvalue weighted by atomic mass is 10.2. The zero-order chi connectivity index (χ0) is 24.8. The molecule has 0 spiro atoms. The van der Waals surface area contributed by atoms with Crippen LogP contribution >= 0.6 is 0 Å². The first kappa shape index (κ1) is 24.1. The molecular formula is C27H27N3O4S. The van der Waals surface area contributed by atoms with E-state index in [4.69, 9.17) is 9.47 Å². The molecule has 1 aromatic heterocycles. The predicted molar refractivity (Wildman–Crippen MR) is 139 cm³/mol. The summed E-state index contributed by atoms with van der Waals surface area (Å²) in [7, 11) is -2.19. The summed E-state index contributed by atoms with van der Waals surface area (Å²) in [6.45, 7) is 6.62. The van der Waals surface area contributed by atoms with E-state index in [1.54, 1.807) is 37.5 Å². The summed E-state index contributed by atoms with van der Waals surface area (Å²) in [6, 6.07) is 22.1. The third-order valence-corrected chi connectivity index (χ3v) is 6.73. The van der Waals surface area contributed by atoms with Gasteiger partial charge in [0.25, 0.3) is 10.0 Å². The second kappa shape index (κ2) is 10.5. The van der Waals surface area contributed by atoms with Gasteiger partial charge in [-0.25, -0.2) is 4.83 Å². The summed E-state index contributed by atoms with van der Waals surface area (Å²) in [5, 5.41) is 4.85. The van der Waals surface area contributed by atoms with Crippen molar-refractivity contribution in [2.45, 2.75) is 25.0 Å². The molecule has 4 aromatic rings. The average Bonchev–Trinajstić information content (AvgIpc) is 3.21. The summed E-state index contributed by atoms with van der Waals surface area (Å²) in [6.07, 6.45) is 3.24. The molecule has 4 rings (SSSR count). The van der Waals surface area contributed by atoms with E-state index in [0.29, 0.717) is 30.3 Å². The lowest BCUT2D eigenvalue weighted by Gasteiger charge is -2.13. The fraction of sp³-hybridized carbons (Fsp3) is 0.148. The van der Waals surface area contributed by atoms with Gasteiger partial charge in [-0.1, -0.05) is 54.1 Å². The Morgan fingerprint density at radius 2 is 1.80 bits per heavy atom. The largest absolute Gasteiger partial charge is 0.493 e. The first-order valence-corrected chi connectivity index (χ1v) is 12.5. The van der Waals surface area contributed by atoms with E-state index < -0.39 is 10.0 Å². The molecule has 0 atom stereocenters. The molecule has 0 bridgehead atoms. The van der Waals surface area contributed by atoms with E-state index in [-0.39, 0.29) is 4.90 Å². The Bertz CT molecular complexity index is 1460. The summed E-state index contributed by atoms with van der Waals surface area (Å²) in [5.41, 5.74) is 3.58. The molecule has 1 N–H and O–H groups in total. The van der Waals surface area contributed by atoms with E-state index >= 15 is 0 Å². The lowest BCUT2D eigenvalue weighted by molar-refractivity contribution is 0.288. The number of benzene rings is 3. The molecular weight excluding hydrogens is 462 g/mol. The van der Waals surface area contributed by atoms with Crippen LogP contribution in [0.4, 0.5) is 0 Å². The van der Waals surface area contributed by atoms with Crippen LogP contribution in [-0.4, -0.2) is 26.3 Å². The zero-order valence-corrected chi connectivity index (χ0v) is 20.5. The van der Waals surface area contributed by atoms with Gasteiger partial charge in [-0.2, -0.15) is 13.5 Å². The van der Waals surface area contributed by atoms with Crippen LogP contribution in [0.3, 0.4) is 0 Å². The fourth-order valence-corrected chi connectivity index (χ4v) is 4.51. The van der Waals surface area contributed by atoms with Gasteiger partial charge in [0.05, 0.1) is 29.4 Å². The number of sulfonamides is 1. The molecule has 0 saturated carbocycles. The SMILES string of the molecule is C=CCn1c(C=NNS(=O)(=O)c2ccc(C)cc2)cc2c(OCc3ccccc3)c(OC)ccc21. The molecule has 8 heteroatoms. The minimum absolute atomic E-state index is 0.146. The Hall–Kier alpha value is -4.04. The highest BCUT2D eigenvalue weighted by atomic mass is 32.2. The molecule has 0 saturated heterocycles. The highest BCUT2D eigenvalue weighted by molar-refractivity contribution is 7.89. The number of hydrazone groups is 1. The van der Waals surface area contributed by atoms with Gasteiger partial charge in [0.2, 0.25) is 0 Å². The summed E-state index contributed by atoms with van der Waals surface area (Å²) >= 11 is 0. The molecule has 0 aliphatic rings. The maximum Gasteiger partial charge on any atom is 0.276 e. The Balaban J connectivity index is 1.67. The number of fused-ring (bicyclic) bond motifs is 1. The first-order valence-electron chi connectivity index (χ1n) is 11.0. The number of rotatable bonds is 10. The minimum Gasteiger partial charge on any atom is -0.493 e. The van der Waals surface area contributed by atoms with Gasteiger partial charge in [-0.3, -0.25) is 0 Å². The number of allylic oxidation sites excluding steroid dienone is 1. The summed E-state index contributed by atoms with van der Waals surface area (Å²) < 4.78 is 38.9. The monoisotopic (exact) mass is 489 g/mol. The van der Waals surface area contributed by atoms with Gasteiger partial charge < -0.3 is 14.0 Å². The lowest BCUT2D eigenvalue weighted by Crippen LogP contribution is -2.18. The maximum absolute atomic E-state index is 12.6. The van der Waals surface area contributed by atoms with Crippen molar-refractivity contribution >= 4 is 27.1 Å². The van der Waals surface area contributed by atoms with Crippen LogP contribution in [0.2, 0.25) is 0 Å². The van der Waals surface area contributed by atoms with Crippen molar-refractivity contribution in [3.63, 3.8) is 0 Å². The molecule has 0 fully saturated rings. The molecule has 0 amide bonds. The van der Waals surface area contributed by atoms with Crippen LogP contribution in [-0.2, 0) is 23.2 Å². The van der Waals surface area contributed by atoms with E-state index in [1.807, 2.05) is 60.0 Å². The number of aromatic nitrogens is 1. The van der Waals surface area contributed by atoms with Crippen LogP contribution in [0.1, 0.15) is 16.8 Å². The standard InChI is InChI=1S/C27H27N3O4S/c1-4-16-30-22(18-28-29-35(31,32)23-12-10-20(2)11-13-23)17-24-25(30)14-15-26(33-3)27(24)34-19-21-8-6-5-7-9-21/h4-15,17-18,29H,1,16,19H2,2-3H3. The van der Waals surface area contributed by atoms with Crippen molar-refractivity contribution in [3.05, 3.63) is 102 Å². The molecule has 3 aromatic carbocycles. The number of nitrogens with one attached hydrogen (secondary N) is 1. The topological polar surface area (TPSA) is 81.9 Å². The molecule has 0 radical (unpaired) electrons. The van der Waals surface area contributed by atoms with Gasteiger partial charge in [0.1, 0.15) is 6.61 Å². The first-order chi connectivity index (χ1) is 16.9. The fourth-order valence-electron chi connectivity index (χ4n) is 3.72. The number of hydrogen-bond donors (Lipinski definition) is 1. The third-order valence-electron chi connectivity index (χ3n) is 5.49. The van der Waals surface area contributed by atoms with Crippen LogP contribution < -0.4 is 14.3 Å². The molecule has 1 heterocycles. The van der Waals surface area contributed by atoms with Crippen molar-refractivity contribution in [2.24, 2.45) is 5.10 Å². The molecule has 0 aliphatic carbocycles. The average molecular weight is 490 g/mol. The van der Waals surface area contributed by atoms with Crippen molar-refractivity contribution in [3.8, 4) is 11.5 Å². The molecule has 35 heavy (non-hydrogen) atoms. The third kappa shape index (κ3) is 5.38. The minimum atomic E-state index is -3.78. The van der Waals surface area contributed by atoms with Gasteiger partial charge >= 0.3 is 0 Å². The molecule has 0 unspecified atom stereocenters. The highest BCUT2D eigenvalue weighted by Gasteiger charge is 2.17. The number of methoxy groups -OCH3 is 1. The number of ether oxygens (including phenoxy) is 2. The predicted octanol–water partition coefficient (Wildman–Crippen LogP) is 5.04. The zero-order valence-electron chi connectivity index (χ0n) is 19.6. The number of aryl methyl sites for hydroxylation is 1. The van der Waals surface area contributed by atoms with Crippen molar-refractivity contribution in [1.29, 1.82) is 0 Å². The van der Waals surface area contributed by atoms with E-state index in [2.05, 4.69) is 16.5 Å². The molecule has 180 valence electrons. The van der Waals surface area contributed by atoms with Gasteiger partial charge in [0.15, 0.2) is 11.5 Å². The van der Waals surface area contributed by atoms with Crippen LogP contribution in [0.25, 0.3) is 10.9 Å². The van der Waals surface area contributed by atoms with Crippen LogP contribution in [0.15, 0.2) is 95.4 Å². The molecule has 0 aliphatic heterocycles. The Kier molecular flexibility index (Phi) is 7.22. The smallest absolute Gasteiger partial charge is 0.276 e. The second-order valence-electron chi connectivity index (χ2n) is 7.94. The normalized spacial score (nSPS) is 11.6. The van der Waals surface area contributed by atoms with Gasteiger partial charge in [0, 0.05) is 11.9 Å². The van der Waals surface area contributed by atoms with Crippen molar-refractivity contribution in [1.82, 2.24) is 9.40 Å². The summed E-state index contributed by atoms with van der Waals surface area (Å²) in [4.78, 5) is 2.43. The van der Waals surface area contributed by atoms with Gasteiger partial charge in [-0.15, -0.1) is 6.58 Å².